The van der Waals surface area contributed by atoms with Crippen molar-refractivity contribution in [1.82, 2.24) is 0 Å². The Morgan fingerprint density at radius 1 is 0.831 bits per heavy atom. The summed E-state index contributed by atoms with van der Waals surface area (Å²) in [6.07, 6.45) is 8.78. The molecule has 2 aromatic rings. The zero-order chi connectivity index (χ0) is 55.5. The van der Waals surface area contributed by atoms with Crippen molar-refractivity contribution in [2.45, 2.75) is 217 Å². The first kappa shape index (κ1) is 59.7. The molecule has 2 saturated heterocycles. The first-order valence-corrected chi connectivity index (χ1v) is 28.2. The Kier molecular flexibility index (Phi) is 20.4. The molecule has 0 radical (unpaired) electrons. The highest BCUT2D eigenvalue weighted by Crippen LogP contribution is 2.64. The van der Waals surface area contributed by atoms with Crippen LogP contribution in [0.15, 0.2) is 84.0 Å². The number of aliphatic hydroxyl groups is 3. The van der Waals surface area contributed by atoms with Gasteiger partial charge in [0.05, 0.1) is 36.2 Å². The molecule has 2 saturated carbocycles. The Morgan fingerprint density at radius 2 is 1.45 bits per heavy atom. The van der Waals surface area contributed by atoms with Gasteiger partial charge in [0.15, 0.2) is 17.7 Å². The SMILES string of the molecule is CCCCCCCC/C=C\CCCCCCCC1OCC(COC(=O)O[C@@H](C(=O)O[C@H]2C[C@@]3(O)[C@@H](OC(=O)c4ccccc4)[C@@H]4[C@]5(OC(C)=O)CO[C@@H]5C[C@H](O)[C@@]4(C)C(=O)[C@H](O)C(=C2C)C3(C)C)[C@@H](C)c2ccccc2)O1. The van der Waals surface area contributed by atoms with E-state index in [-0.39, 0.29) is 43.0 Å². The van der Waals surface area contributed by atoms with Gasteiger partial charge in [-0.1, -0.05) is 140 Å². The van der Waals surface area contributed by atoms with Crippen molar-refractivity contribution in [3.8, 4) is 0 Å². The molecule has 7 rings (SSSR count). The lowest BCUT2D eigenvalue weighted by Crippen LogP contribution is -2.81. The molecule has 0 spiro atoms. The number of unbranched alkanes of at least 4 members (excludes halogenated alkanes) is 11. The molecule has 0 amide bonds. The summed E-state index contributed by atoms with van der Waals surface area (Å²) in [7, 11) is 0. The molecule has 0 aromatic heterocycles. The van der Waals surface area contributed by atoms with E-state index in [9.17, 15) is 34.5 Å². The van der Waals surface area contributed by atoms with Crippen molar-refractivity contribution in [2.75, 3.05) is 19.8 Å². The Morgan fingerprint density at radius 3 is 2.08 bits per heavy atom. The van der Waals surface area contributed by atoms with Gasteiger partial charge in [0.2, 0.25) is 6.10 Å². The maximum atomic E-state index is 15.2. The summed E-state index contributed by atoms with van der Waals surface area (Å²) in [5.41, 5.74) is -6.83. The third kappa shape index (κ3) is 13.1. The molecular weight excluding hydrogens is 989 g/mol. The zero-order valence-corrected chi connectivity index (χ0v) is 46.3. The van der Waals surface area contributed by atoms with Crippen LogP contribution in [0.4, 0.5) is 4.79 Å². The van der Waals surface area contributed by atoms with Crippen molar-refractivity contribution in [1.29, 1.82) is 0 Å². The number of Topliss-reactive ketones (excluding diaryl/α,β-unsaturated/α-hetero) is 1. The first-order valence-electron chi connectivity index (χ1n) is 28.2. The van der Waals surface area contributed by atoms with Crippen LogP contribution in [0.25, 0.3) is 0 Å². The average Bonchev–Trinajstić information content (AvgIpc) is 3.94. The van der Waals surface area contributed by atoms with E-state index in [0.717, 1.165) is 25.7 Å². The maximum absolute atomic E-state index is 15.2. The van der Waals surface area contributed by atoms with Crippen LogP contribution in [0, 0.1) is 16.7 Å². The van der Waals surface area contributed by atoms with Crippen LogP contribution in [0.2, 0.25) is 0 Å². The summed E-state index contributed by atoms with van der Waals surface area (Å²) in [6.45, 7) is 11.0. The number of ether oxygens (including phenoxy) is 8. The molecule has 13 atom stereocenters. The molecule has 5 aliphatic rings. The predicted octanol–water partition coefficient (Wildman–Crippen LogP) is 9.74. The van der Waals surface area contributed by atoms with Crippen molar-refractivity contribution < 1.29 is 77.2 Å². The third-order valence-corrected chi connectivity index (χ3v) is 17.3. The topological polar surface area (TPSA) is 220 Å². The quantitative estimate of drug-likeness (QED) is 0.0365. The summed E-state index contributed by atoms with van der Waals surface area (Å²) in [5, 5.41) is 38.1. The van der Waals surface area contributed by atoms with Gasteiger partial charge in [-0.25, -0.2) is 14.4 Å². The molecule has 2 unspecified atom stereocenters. The fourth-order valence-electron chi connectivity index (χ4n) is 12.7. The molecule has 3 N–H and O–H groups in total. The minimum absolute atomic E-state index is 0.0301. The van der Waals surface area contributed by atoms with Gasteiger partial charge >= 0.3 is 24.1 Å². The van der Waals surface area contributed by atoms with Crippen LogP contribution in [-0.4, -0.2) is 125 Å². The summed E-state index contributed by atoms with van der Waals surface area (Å²) in [6, 6.07) is 16.8. The number of ketones is 1. The first-order chi connectivity index (χ1) is 36.8. The van der Waals surface area contributed by atoms with Crippen LogP contribution >= 0.6 is 0 Å². The molecule has 16 heteroatoms. The van der Waals surface area contributed by atoms with Gasteiger partial charge in [-0.2, -0.15) is 0 Å². The van der Waals surface area contributed by atoms with Gasteiger partial charge in [0.25, 0.3) is 0 Å². The highest BCUT2D eigenvalue weighted by Gasteiger charge is 2.78. The summed E-state index contributed by atoms with van der Waals surface area (Å²) < 4.78 is 48.0. The van der Waals surface area contributed by atoms with E-state index >= 15 is 4.79 Å². The summed E-state index contributed by atoms with van der Waals surface area (Å²) in [5.74, 6) is -5.92. The van der Waals surface area contributed by atoms with Crippen LogP contribution in [-0.2, 0) is 52.3 Å². The molecular formula is C61H84O16. The van der Waals surface area contributed by atoms with E-state index in [2.05, 4.69) is 19.1 Å². The molecule has 2 aliphatic heterocycles. The summed E-state index contributed by atoms with van der Waals surface area (Å²) in [4.78, 5) is 70.9. The van der Waals surface area contributed by atoms with Crippen LogP contribution in [0.5, 0.6) is 0 Å². The van der Waals surface area contributed by atoms with Gasteiger partial charge in [-0.3, -0.25) is 9.59 Å². The van der Waals surface area contributed by atoms with Gasteiger partial charge in [-0.15, -0.1) is 0 Å². The number of carbonyl (C=O) groups excluding carboxylic acids is 5. The van der Waals surface area contributed by atoms with Gasteiger partial charge in [-0.05, 0) is 81.2 Å². The number of esters is 3. The smallest absolute Gasteiger partial charge is 0.455 e. The van der Waals surface area contributed by atoms with Gasteiger partial charge in [0.1, 0.15) is 42.7 Å². The lowest BCUT2D eigenvalue weighted by Gasteiger charge is -2.67. The van der Waals surface area contributed by atoms with E-state index in [0.29, 0.717) is 12.0 Å². The van der Waals surface area contributed by atoms with Crippen LogP contribution < -0.4 is 0 Å². The normalized spacial score (nSPS) is 31.2. The Balaban J connectivity index is 1.04. The Bertz CT molecular complexity index is 2390. The molecule has 3 aliphatic carbocycles. The maximum Gasteiger partial charge on any atom is 0.509 e. The van der Waals surface area contributed by atoms with E-state index in [1.165, 1.54) is 83.8 Å². The van der Waals surface area contributed by atoms with Crippen molar-refractivity contribution in [3.05, 3.63) is 95.1 Å². The van der Waals surface area contributed by atoms with Gasteiger partial charge in [0, 0.05) is 31.1 Å². The number of hydrogen-bond donors (Lipinski definition) is 3. The van der Waals surface area contributed by atoms with Crippen LogP contribution in [0.3, 0.4) is 0 Å². The monoisotopic (exact) mass is 1070 g/mol. The highest BCUT2D eigenvalue weighted by molar-refractivity contribution is 5.94. The minimum atomic E-state index is -2.35. The fraction of sp³-hybridized carbons (Fsp3) is 0.656. The Hall–Kier alpha value is -4.97. The number of benzene rings is 2. The number of aliphatic hydroxyl groups excluding tert-OH is 2. The van der Waals surface area contributed by atoms with Gasteiger partial charge < -0.3 is 53.2 Å². The molecule has 77 heavy (non-hydrogen) atoms. The van der Waals surface area contributed by atoms with Crippen LogP contribution in [0.1, 0.15) is 173 Å². The second kappa shape index (κ2) is 26.3. The molecule has 2 heterocycles. The van der Waals surface area contributed by atoms with E-state index in [1.54, 1.807) is 76.2 Å². The number of carbonyl (C=O) groups is 5. The number of hydrogen-bond acceptors (Lipinski definition) is 16. The number of rotatable bonds is 25. The predicted molar refractivity (Wildman–Crippen MR) is 284 cm³/mol. The highest BCUT2D eigenvalue weighted by atomic mass is 16.8. The van der Waals surface area contributed by atoms with E-state index < -0.39 is 119 Å². The lowest BCUT2D eigenvalue weighted by molar-refractivity contribution is -0.346. The van der Waals surface area contributed by atoms with Crippen molar-refractivity contribution in [3.63, 3.8) is 0 Å². The molecule has 4 fully saturated rings. The standard InChI is InChI=1S/C61H84O16/c1-8-9-10-11-12-13-14-15-16-17-18-19-20-21-28-33-48-70-36-44(73-48)37-71-57(68)75-51(39(2)42-29-24-22-25-30-42)56(67)74-45-35-61(69)54(76-55(66)43-31-26-23-27-32-43)52-59(7,53(65)50(64)49(40(45)3)58(61,5)6)46(63)34-47-60(52,38-72-47)77-41(4)62/h15-16,22-27,29-32,39,44-48,50-52,54,63-64,69H,8-14,17-21,28,33-38H2,1-7H3/b16-15-/t39-,44?,45-,46-,47+,48?,50+,51+,52-,54-,59+,60-,61+/m0/s1. The molecule has 2 bridgehead atoms. The van der Waals surface area contributed by atoms with E-state index in [4.69, 9.17) is 37.9 Å². The third-order valence-electron chi connectivity index (χ3n) is 17.3. The zero-order valence-electron chi connectivity index (χ0n) is 46.3. The fourth-order valence-corrected chi connectivity index (χ4v) is 12.7. The number of allylic oxidation sites excluding steroid dienone is 2. The van der Waals surface area contributed by atoms with E-state index in [1.807, 2.05) is 0 Å². The minimum Gasteiger partial charge on any atom is -0.455 e. The lowest BCUT2D eigenvalue weighted by atomic mass is 9.44. The largest absolute Gasteiger partial charge is 0.509 e. The second-order valence-corrected chi connectivity index (χ2v) is 22.8. The average molecular weight is 1070 g/mol. The second-order valence-electron chi connectivity index (χ2n) is 22.8. The van der Waals surface area contributed by atoms with Crippen molar-refractivity contribution >= 4 is 29.8 Å². The molecule has 2 aromatic carbocycles. The Labute approximate surface area is 454 Å². The van der Waals surface area contributed by atoms with Crippen molar-refractivity contribution in [2.24, 2.45) is 16.7 Å². The number of fused-ring (bicyclic) bond motifs is 5. The molecule has 424 valence electrons. The summed E-state index contributed by atoms with van der Waals surface area (Å²) >= 11 is 0. The molecule has 16 nitrogen and oxygen atoms in total.